The number of nitrogens with one attached hydrogen (secondary N) is 1. The molecule has 3 saturated carbocycles. The van der Waals surface area contributed by atoms with Crippen LogP contribution in [0.5, 0.6) is 0 Å². The molecular formula is C25H28ClFN6O2. The van der Waals surface area contributed by atoms with E-state index in [1.54, 1.807) is 24.3 Å². The summed E-state index contributed by atoms with van der Waals surface area (Å²) in [6.45, 7) is 0.835. The van der Waals surface area contributed by atoms with Crippen LogP contribution in [0.3, 0.4) is 0 Å². The summed E-state index contributed by atoms with van der Waals surface area (Å²) in [6.07, 6.45) is 8.69. The van der Waals surface area contributed by atoms with Gasteiger partial charge in [0.2, 0.25) is 0 Å². The molecule has 3 aliphatic rings. The van der Waals surface area contributed by atoms with Crippen molar-refractivity contribution < 1.29 is 14.3 Å². The maximum atomic E-state index is 13.5. The van der Waals surface area contributed by atoms with Crippen molar-refractivity contribution in [3.05, 3.63) is 58.9 Å². The Morgan fingerprint density at radius 1 is 1.26 bits per heavy atom. The molecule has 2 unspecified atom stereocenters. The van der Waals surface area contributed by atoms with E-state index in [9.17, 15) is 14.3 Å². The van der Waals surface area contributed by atoms with E-state index in [2.05, 4.69) is 20.4 Å². The Bertz CT molecular complexity index is 1270. The summed E-state index contributed by atoms with van der Waals surface area (Å²) in [5.74, 6) is 1.33. The standard InChI is InChI=1S/C25H28ClFN6O2/c1-32-13-29-21(22(32)23(34)31-18-4-5-20(27)19(26)8-18)15-6-16-9-25(35,10-17(16)7-15)24-28-12-30-33(24)11-14-2-3-14/h4-5,8,12-17,35H,2-3,6-7,9-11H2,1H3,(H,31,34). The number of halogens is 2. The first kappa shape index (κ1) is 22.7. The van der Waals surface area contributed by atoms with E-state index in [0.29, 0.717) is 47.8 Å². The zero-order valence-corrected chi connectivity index (χ0v) is 20.2. The fourth-order valence-corrected chi connectivity index (χ4v) is 6.34. The first-order valence-corrected chi connectivity index (χ1v) is 12.6. The third kappa shape index (κ3) is 4.14. The number of aromatic nitrogens is 5. The minimum Gasteiger partial charge on any atom is -0.382 e. The van der Waals surface area contributed by atoms with Gasteiger partial charge in [-0.25, -0.2) is 19.0 Å². The molecule has 8 nitrogen and oxygen atoms in total. The lowest BCUT2D eigenvalue weighted by molar-refractivity contribution is 0.0205. The number of amides is 1. The molecule has 0 radical (unpaired) electrons. The largest absolute Gasteiger partial charge is 0.382 e. The highest BCUT2D eigenvalue weighted by atomic mass is 35.5. The van der Waals surface area contributed by atoms with Gasteiger partial charge in [0.15, 0.2) is 5.82 Å². The van der Waals surface area contributed by atoms with Gasteiger partial charge in [0.25, 0.3) is 5.91 Å². The average molecular weight is 499 g/mol. The molecule has 2 aromatic heterocycles. The third-order valence-corrected chi connectivity index (χ3v) is 8.24. The number of nitrogens with zero attached hydrogens (tertiary/aromatic N) is 5. The van der Waals surface area contributed by atoms with Crippen LogP contribution in [-0.4, -0.2) is 35.3 Å². The number of carbonyl (C=O) groups excluding carboxylic acids is 1. The van der Waals surface area contributed by atoms with Crippen LogP contribution in [0.25, 0.3) is 0 Å². The molecule has 184 valence electrons. The number of benzene rings is 1. The van der Waals surface area contributed by atoms with E-state index in [0.717, 1.165) is 25.1 Å². The maximum Gasteiger partial charge on any atom is 0.274 e. The van der Waals surface area contributed by atoms with Crippen molar-refractivity contribution in [1.29, 1.82) is 0 Å². The second-order valence-electron chi connectivity index (χ2n) is 10.5. The van der Waals surface area contributed by atoms with Gasteiger partial charge in [0, 0.05) is 25.2 Å². The molecule has 35 heavy (non-hydrogen) atoms. The molecule has 6 rings (SSSR count). The monoisotopic (exact) mass is 498 g/mol. The summed E-state index contributed by atoms with van der Waals surface area (Å²) in [5.41, 5.74) is 0.748. The number of aliphatic hydroxyl groups is 1. The maximum absolute atomic E-state index is 13.5. The smallest absolute Gasteiger partial charge is 0.274 e. The average Bonchev–Trinajstić information content (AvgIpc) is 3.11. The van der Waals surface area contributed by atoms with Crippen LogP contribution >= 0.6 is 11.6 Å². The van der Waals surface area contributed by atoms with Gasteiger partial charge in [-0.1, -0.05) is 11.6 Å². The van der Waals surface area contributed by atoms with E-state index < -0.39 is 11.4 Å². The Morgan fingerprint density at radius 2 is 2.00 bits per heavy atom. The predicted octanol–water partition coefficient (Wildman–Crippen LogP) is 4.26. The molecule has 2 heterocycles. The number of rotatable bonds is 6. The zero-order chi connectivity index (χ0) is 24.3. The summed E-state index contributed by atoms with van der Waals surface area (Å²) >= 11 is 5.87. The first-order chi connectivity index (χ1) is 16.8. The van der Waals surface area contributed by atoms with Crippen molar-refractivity contribution >= 4 is 23.2 Å². The molecule has 1 amide bonds. The van der Waals surface area contributed by atoms with Crippen molar-refractivity contribution in [2.45, 2.75) is 56.6 Å². The van der Waals surface area contributed by atoms with Crippen LogP contribution in [0.2, 0.25) is 5.02 Å². The molecular weight excluding hydrogens is 471 g/mol. The van der Waals surface area contributed by atoms with Crippen molar-refractivity contribution in [2.75, 3.05) is 5.32 Å². The molecule has 2 atom stereocenters. The number of imidazole rings is 1. The molecule has 2 N–H and O–H groups in total. The van der Waals surface area contributed by atoms with Gasteiger partial charge in [-0.2, -0.15) is 5.10 Å². The van der Waals surface area contributed by atoms with Crippen LogP contribution in [0.15, 0.2) is 30.9 Å². The Balaban J connectivity index is 1.17. The second kappa shape index (κ2) is 8.41. The third-order valence-electron chi connectivity index (χ3n) is 7.95. The minimum absolute atomic E-state index is 0.0444. The topological polar surface area (TPSA) is 97.9 Å². The molecule has 3 fully saturated rings. The molecule has 0 spiro atoms. The number of hydrogen-bond acceptors (Lipinski definition) is 5. The predicted molar refractivity (Wildman–Crippen MR) is 127 cm³/mol. The first-order valence-electron chi connectivity index (χ1n) is 12.2. The van der Waals surface area contributed by atoms with Crippen molar-refractivity contribution in [1.82, 2.24) is 24.3 Å². The summed E-state index contributed by atoms with van der Waals surface area (Å²) in [5, 5.41) is 18.7. The highest BCUT2D eigenvalue weighted by Gasteiger charge is 2.52. The van der Waals surface area contributed by atoms with Crippen molar-refractivity contribution in [3.8, 4) is 0 Å². The molecule has 0 saturated heterocycles. The van der Waals surface area contributed by atoms with Gasteiger partial charge >= 0.3 is 0 Å². The second-order valence-corrected chi connectivity index (χ2v) is 10.9. The van der Waals surface area contributed by atoms with Gasteiger partial charge in [-0.3, -0.25) is 4.79 Å². The zero-order valence-electron chi connectivity index (χ0n) is 19.5. The van der Waals surface area contributed by atoms with Gasteiger partial charge in [0.1, 0.15) is 23.4 Å². The molecule has 0 aliphatic heterocycles. The van der Waals surface area contributed by atoms with E-state index >= 15 is 0 Å². The molecule has 3 aromatic rings. The number of carbonyl (C=O) groups is 1. The SMILES string of the molecule is Cn1cnc(C2CC3CC(O)(c4ncnn4CC4CC4)CC3C2)c1C(=O)Nc1ccc(F)c(Cl)c1. The lowest BCUT2D eigenvalue weighted by Gasteiger charge is -2.24. The molecule has 0 bridgehead atoms. The molecule has 10 heteroatoms. The lowest BCUT2D eigenvalue weighted by atomic mass is 9.91. The Kier molecular flexibility index (Phi) is 5.45. The van der Waals surface area contributed by atoms with E-state index in [1.807, 2.05) is 4.68 Å². The molecule has 3 aliphatic carbocycles. The number of hydrogen-bond donors (Lipinski definition) is 2. The van der Waals surface area contributed by atoms with Crippen LogP contribution in [0.1, 0.15) is 66.4 Å². The van der Waals surface area contributed by atoms with E-state index in [1.165, 1.54) is 31.0 Å². The summed E-state index contributed by atoms with van der Waals surface area (Å²) in [4.78, 5) is 22.2. The highest BCUT2D eigenvalue weighted by Crippen LogP contribution is 2.56. The molecule has 1 aromatic carbocycles. The van der Waals surface area contributed by atoms with Gasteiger partial charge in [-0.05, 0) is 74.5 Å². The fourth-order valence-electron chi connectivity index (χ4n) is 6.16. The minimum atomic E-state index is -0.947. The normalized spacial score (nSPS) is 27.8. The fraction of sp³-hybridized carbons (Fsp3) is 0.520. The number of aryl methyl sites for hydroxylation is 1. The van der Waals surface area contributed by atoms with Crippen LogP contribution in [0.4, 0.5) is 10.1 Å². The highest BCUT2D eigenvalue weighted by molar-refractivity contribution is 6.31. The Labute approximate surface area is 207 Å². The number of fused-ring (bicyclic) bond motifs is 1. The van der Waals surface area contributed by atoms with E-state index in [4.69, 9.17) is 11.6 Å². The van der Waals surface area contributed by atoms with Crippen molar-refractivity contribution in [2.24, 2.45) is 24.8 Å². The van der Waals surface area contributed by atoms with Gasteiger partial charge in [-0.15, -0.1) is 0 Å². The van der Waals surface area contributed by atoms with Crippen LogP contribution < -0.4 is 5.32 Å². The number of anilines is 1. The van der Waals surface area contributed by atoms with Crippen molar-refractivity contribution in [3.63, 3.8) is 0 Å². The summed E-state index contributed by atoms with van der Waals surface area (Å²) in [6, 6.07) is 4.11. The Morgan fingerprint density at radius 3 is 2.69 bits per heavy atom. The lowest BCUT2D eigenvalue weighted by Crippen LogP contribution is -2.28. The van der Waals surface area contributed by atoms with Crippen LogP contribution in [-0.2, 0) is 19.2 Å². The Hall–Kier alpha value is -2.78. The quantitative estimate of drug-likeness (QED) is 0.529. The van der Waals surface area contributed by atoms with E-state index in [-0.39, 0.29) is 16.8 Å². The van der Waals surface area contributed by atoms with Crippen LogP contribution in [0, 0.1) is 23.6 Å². The summed E-state index contributed by atoms with van der Waals surface area (Å²) < 4.78 is 17.1. The van der Waals surface area contributed by atoms with Gasteiger partial charge < -0.3 is 15.0 Å². The summed E-state index contributed by atoms with van der Waals surface area (Å²) in [7, 11) is 1.80. The van der Waals surface area contributed by atoms with Gasteiger partial charge in [0.05, 0.1) is 17.0 Å².